The van der Waals surface area contributed by atoms with Gasteiger partial charge in [0.2, 0.25) is 0 Å². The number of nitrogens with two attached hydrogens (primary N) is 2. The van der Waals surface area contributed by atoms with Gasteiger partial charge in [0.1, 0.15) is 0 Å². The Labute approximate surface area is 79.6 Å². The molecule has 0 radical (unpaired) electrons. The molecule has 4 heteroatoms. The third-order valence-corrected chi connectivity index (χ3v) is 1.33. The van der Waals surface area contributed by atoms with E-state index in [1.807, 2.05) is 0 Å². The highest BCUT2D eigenvalue weighted by atomic mass is 16.4. The topological polar surface area (TPSA) is 89.3 Å². The van der Waals surface area contributed by atoms with Gasteiger partial charge < -0.3 is 16.6 Å². The summed E-state index contributed by atoms with van der Waals surface area (Å²) >= 11 is 0. The molecular formula is C9H20N2O2. The van der Waals surface area contributed by atoms with Crippen molar-refractivity contribution >= 4 is 5.97 Å². The Bertz CT molecular complexity index is 121. The zero-order valence-electron chi connectivity index (χ0n) is 8.04. The molecule has 0 aliphatic rings. The Balaban J connectivity index is 0. The minimum Gasteiger partial charge on any atom is -0.478 e. The van der Waals surface area contributed by atoms with Gasteiger partial charge in [0.05, 0.1) is 0 Å². The van der Waals surface area contributed by atoms with Crippen molar-refractivity contribution in [1.82, 2.24) is 0 Å². The lowest BCUT2D eigenvalue weighted by atomic mass is 10.2. The lowest BCUT2D eigenvalue weighted by Gasteiger charge is -1.94. The molecule has 0 saturated heterocycles. The molecule has 0 bridgehead atoms. The van der Waals surface area contributed by atoms with Crippen molar-refractivity contribution in [3.05, 3.63) is 12.7 Å². The van der Waals surface area contributed by atoms with Crippen LogP contribution in [0, 0.1) is 0 Å². The number of hydrogen-bond donors (Lipinski definition) is 3. The maximum Gasteiger partial charge on any atom is 0.327 e. The van der Waals surface area contributed by atoms with E-state index in [0.29, 0.717) is 0 Å². The van der Waals surface area contributed by atoms with Crippen LogP contribution in [0.3, 0.4) is 0 Å². The van der Waals surface area contributed by atoms with Gasteiger partial charge in [0.15, 0.2) is 0 Å². The third kappa shape index (κ3) is 24.7. The fraction of sp³-hybridized carbons (Fsp3) is 0.667. The first-order chi connectivity index (χ1) is 6.18. The van der Waals surface area contributed by atoms with Crippen LogP contribution in [0.15, 0.2) is 12.7 Å². The van der Waals surface area contributed by atoms with Gasteiger partial charge in [-0.1, -0.05) is 19.4 Å². The average Bonchev–Trinajstić information content (AvgIpc) is 2.14. The SMILES string of the molecule is C=CC(=O)O.NCCCCCCN. The molecule has 0 saturated carbocycles. The van der Waals surface area contributed by atoms with E-state index in [1.54, 1.807) is 0 Å². The van der Waals surface area contributed by atoms with Crippen molar-refractivity contribution in [2.75, 3.05) is 13.1 Å². The van der Waals surface area contributed by atoms with Crippen LogP contribution in [0.2, 0.25) is 0 Å². The van der Waals surface area contributed by atoms with Crippen LogP contribution in [0.5, 0.6) is 0 Å². The summed E-state index contributed by atoms with van der Waals surface area (Å²) < 4.78 is 0. The Morgan fingerprint density at radius 3 is 1.62 bits per heavy atom. The van der Waals surface area contributed by atoms with E-state index in [2.05, 4.69) is 6.58 Å². The van der Waals surface area contributed by atoms with Gasteiger partial charge in [-0.2, -0.15) is 0 Å². The number of unbranched alkanes of at least 4 members (excludes halogenated alkanes) is 3. The van der Waals surface area contributed by atoms with Crippen LogP contribution in [-0.2, 0) is 4.79 Å². The molecule has 4 nitrogen and oxygen atoms in total. The number of carbonyl (C=O) groups is 1. The van der Waals surface area contributed by atoms with E-state index in [9.17, 15) is 4.79 Å². The van der Waals surface area contributed by atoms with Gasteiger partial charge in [0, 0.05) is 6.08 Å². The van der Waals surface area contributed by atoms with Crippen molar-refractivity contribution in [3.8, 4) is 0 Å². The normalized spacial score (nSPS) is 8.46. The maximum atomic E-state index is 9.25. The largest absolute Gasteiger partial charge is 0.478 e. The summed E-state index contributed by atoms with van der Waals surface area (Å²) in [5.41, 5.74) is 10.6. The second kappa shape index (κ2) is 13.7. The monoisotopic (exact) mass is 188 g/mol. The second-order valence-electron chi connectivity index (χ2n) is 2.53. The van der Waals surface area contributed by atoms with E-state index in [-0.39, 0.29) is 0 Å². The molecule has 0 aromatic rings. The molecule has 0 aromatic carbocycles. The van der Waals surface area contributed by atoms with E-state index < -0.39 is 5.97 Å². The van der Waals surface area contributed by atoms with Crippen molar-refractivity contribution in [1.29, 1.82) is 0 Å². The predicted molar refractivity (Wildman–Crippen MR) is 54.4 cm³/mol. The molecule has 78 valence electrons. The van der Waals surface area contributed by atoms with Gasteiger partial charge in [-0.3, -0.25) is 0 Å². The molecule has 0 rings (SSSR count). The van der Waals surface area contributed by atoms with Gasteiger partial charge in [-0.25, -0.2) is 4.79 Å². The first kappa shape index (κ1) is 14.6. The quantitative estimate of drug-likeness (QED) is 0.423. The molecule has 0 aliphatic carbocycles. The molecule has 0 unspecified atom stereocenters. The smallest absolute Gasteiger partial charge is 0.327 e. The number of rotatable bonds is 6. The molecule has 0 heterocycles. The number of carboxylic acids is 1. The molecule has 0 fully saturated rings. The zero-order chi connectivity index (χ0) is 10.5. The maximum absolute atomic E-state index is 9.25. The fourth-order valence-corrected chi connectivity index (χ4v) is 0.642. The molecule has 0 spiro atoms. The van der Waals surface area contributed by atoms with Gasteiger partial charge >= 0.3 is 5.97 Å². The molecule has 0 atom stereocenters. The van der Waals surface area contributed by atoms with Gasteiger partial charge in [-0.05, 0) is 25.9 Å². The standard InChI is InChI=1S/C6H16N2.C3H4O2/c7-5-3-1-2-4-6-8;1-2-3(4)5/h1-8H2;2H,1H2,(H,4,5). The summed E-state index contributed by atoms with van der Waals surface area (Å²) in [6, 6.07) is 0. The van der Waals surface area contributed by atoms with E-state index in [1.165, 1.54) is 12.8 Å². The highest BCUT2D eigenvalue weighted by Gasteiger charge is 1.83. The van der Waals surface area contributed by atoms with E-state index in [0.717, 1.165) is 32.0 Å². The zero-order valence-corrected chi connectivity index (χ0v) is 8.04. The van der Waals surface area contributed by atoms with Crippen molar-refractivity contribution < 1.29 is 9.90 Å². The molecule has 5 N–H and O–H groups in total. The fourth-order valence-electron chi connectivity index (χ4n) is 0.642. The second-order valence-corrected chi connectivity index (χ2v) is 2.53. The minimum absolute atomic E-state index is 0.824. The predicted octanol–water partition coefficient (Wildman–Crippen LogP) is 0.721. The summed E-state index contributed by atoms with van der Waals surface area (Å²) in [4.78, 5) is 9.25. The summed E-state index contributed by atoms with van der Waals surface area (Å²) in [5, 5.41) is 7.60. The Hall–Kier alpha value is -0.870. The van der Waals surface area contributed by atoms with Crippen LogP contribution >= 0.6 is 0 Å². The number of hydrogen-bond acceptors (Lipinski definition) is 3. The molecular weight excluding hydrogens is 168 g/mol. The van der Waals surface area contributed by atoms with Crippen molar-refractivity contribution in [2.24, 2.45) is 11.5 Å². The lowest BCUT2D eigenvalue weighted by molar-refractivity contribution is -0.131. The third-order valence-electron chi connectivity index (χ3n) is 1.33. The summed E-state index contributed by atoms with van der Waals surface area (Å²) in [6.45, 7) is 4.61. The van der Waals surface area contributed by atoms with Gasteiger partial charge in [-0.15, -0.1) is 0 Å². The van der Waals surface area contributed by atoms with E-state index in [4.69, 9.17) is 16.6 Å². The molecule has 0 aliphatic heterocycles. The number of aliphatic carboxylic acids is 1. The Morgan fingerprint density at radius 2 is 1.46 bits per heavy atom. The first-order valence-electron chi connectivity index (χ1n) is 4.44. The van der Waals surface area contributed by atoms with Crippen LogP contribution in [0.1, 0.15) is 25.7 Å². The lowest BCUT2D eigenvalue weighted by Crippen LogP contribution is -2.00. The first-order valence-corrected chi connectivity index (χ1v) is 4.44. The summed E-state index contributed by atoms with van der Waals surface area (Å²) in [7, 11) is 0. The van der Waals surface area contributed by atoms with Crippen LogP contribution in [0.4, 0.5) is 0 Å². The minimum atomic E-state index is -0.981. The molecule has 0 aromatic heterocycles. The highest BCUT2D eigenvalue weighted by molar-refractivity contribution is 5.78. The average molecular weight is 188 g/mol. The molecule has 0 amide bonds. The van der Waals surface area contributed by atoms with Crippen LogP contribution in [-0.4, -0.2) is 24.2 Å². The highest BCUT2D eigenvalue weighted by Crippen LogP contribution is 1.95. The van der Waals surface area contributed by atoms with Crippen molar-refractivity contribution in [2.45, 2.75) is 25.7 Å². The van der Waals surface area contributed by atoms with Crippen molar-refractivity contribution in [3.63, 3.8) is 0 Å². The van der Waals surface area contributed by atoms with Crippen LogP contribution in [0.25, 0.3) is 0 Å². The Kier molecular flexibility index (Phi) is 15.4. The number of carboxylic acid groups (broad SMARTS) is 1. The summed E-state index contributed by atoms with van der Waals surface area (Å²) in [5.74, 6) is -0.981. The van der Waals surface area contributed by atoms with E-state index >= 15 is 0 Å². The van der Waals surface area contributed by atoms with Gasteiger partial charge in [0.25, 0.3) is 0 Å². The Morgan fingerprint density at radius 1 is 1.15 bits per heavy atom. The summed E-state index contributed by atoms with van der Waals surface area (Å²) in [6.07, 6.45) is 5.63. The van der Waals surface area contributed by atoms with Crippen LogP contribution < -0.4 is 11.5 Å². The molecule has 13 heavy (non-hydrogen) atoms.